The van der Waals surface area contributed by atoms with Gasteiger partial charge in [0.05, 0.1) is 10.8 Å². The molecule has 0 radical (unpaired) electrons. The van der Waals surface area contributed by atoms with E-state index < -0.39 is 16.7 Å². The van der Waals surface area contributed by atoms with E-state index >= 15 is 0 Å². The van der Waals surface area contributed by atoms with E-state index in [-0.39, 0.29) is 0 Å². The van der Waals surface area contributed by atoms with Gasteiger partial charge in [-0.1, -0.05) is 17.9 Å². The molecule has 0 atom stereocenters. The van der Waals surface area contributed by atoms with Gasteiger partial charge in [0.1, 0.15) is 0 Å². The minimum atomic E-state index is -0.483. The third-order valence-corrected chi connectivity index (χ3v) is 3.38. The first-order chi connectivity index (χ1) is 8.64. The fourth-order valence-electron chi connectivity index (χ4n) is 1.66. The molecule has 19 heavy (non-hydrogen) atoms. The summed E-state index contributed by atoms with van der Waals surface area (Å²) in [7, 11) is 0. The summed E-state index contributed by atoms with van der Waals surface area (Å²) < 4.78 is 0. The largest absolute Gasteiger partial charge is 0.366 e. The number of nitrogens with two attached hydrogens (primary N) is 1. The highest BCUT2D eigenvalue weighted by atomic mass is 16.1. The molecule has 0 spiro atoms. The third-order valence-electron chi connectivity index (χ3n) is 3.38. The SMILES string of the molecule is C#CC(C)(C)c1cc(C(N)=O)cc(C(C)(C)C#C)c1. The molecule has 1 aromatic rings. The molecule has 0 saturated carbocycles. The van der Waals surface area contributed by atoms with E-state index in [0.717, 1.165) is 11.1 Å². The molecule has 2 nitrogen and oxygen atoms in total. The Bertz CT molecular complexity index is 550. The van der Waals surface area contributed by atoms with Gasteiger partial charge < -0.3 is 5.73 Å². The van der Waals surface area contributed by atoms with Gasteiger partial charge in [-0.15, -0.1) is 12.8 Å². The molecule has 1 rings (SSSR count). The van der Waals surface area contributed by atoms with Gasteiger partial charge in [-0.05, 0) is 51.0 Å². The summed E-state index contributed by atoms with van der Waals surface area (Å²) in [6.45, 7) is 7.67. The molecule has 0 unspecified atom stereocenters. The molecule has 0 saturated heterocycles. The summed E-state index contributed by atoms with van der Waals surface area (Å²) >= 11 is 0. The molecular formula is C17H19NO. The van der Waals surface area contributed by atoms with Gasteiger partial charge in [-0.25, -0.2) is 0 Å². The lowest BCUT2D eigenvalue weighted by Gasteiger charge is -2.24. The van der Waals surface area contributed by atoms with Crippen LogP contribution in [0.2, 0.25) is 0 Å². The molecule has 0 heterocycles. The maximum atomic E-state index is 11.5. The Morgan fingerprint density at radius 2 is 1.37 bits per heavy atom. The molecule has 0 bridgehead atoms. The molecule has 1 amide bonds. The fourth-order valence-corrected chi connectivity index (χ4v) is 1.66. The van der Waals surface area contributed by atoms with Crippen LogP contribution in [0, 0.1) is 24.7 Å². The Labute approximate surface area is 115 Å². The Morgan fingerprint density at radius 1 is 1.00 bits per heavy atom. The monoisotopic (exact) mass is 253 g/mol. The lowest BCUT2D eigenvalue weighted by molar-refractivity contribution is 0.1000. The minimum absolute atomic E-state index is 0.430. The van der Waals surface area contributed by atoms with E-state index in [1.807, 2.05) is 33.8 Å². The normalized spacial score (nSPS) is 11.5. The molecule has 0 fully saturated rings. The summed E-state index contributed by atoms with van der Waals surface area (Å²) in [6, 6.07) is 5.42. The number of carbonyl (C=O) groups is 1. The highest BCUT2D eigenvalue weighted by molar-refractivity contribution is 5.93. The van der Waals surface area contributed by atoms with Crippen LogP contribution in [-0.2, 0) is 10.8 Å². The number of amides is 1. The standard InChI is InChI=1S/C17H19NO/c1-7-16(3,4)13-9-12(15(18)19)10-14(11-13)17(5,6)8-2/h1-2,9-11H,3-6H3,(H2,18,19). The van der Waals surface area contributed by atoms with E-state index in [2.05, 4.69) is 11.8 Å². The molecule has 0 aliphatic rings. The molecule has 1 aromatic carbocycles. The number of primary amides is 1. The van der Waals surface area contributed by atoms with E-state index in [0.29, 0.717) is 5.56 Å². The maximum Gasteiger partial charge on any atom is 0.248 e. The van der Waals surface area contributed by atoms with Crippen LogP contribution in [0.4, 0.5) is 0 Å². The van der Waals surface area contributed by atoms with Crippen molar-refractivity contribution < 1.29 is 4.79 Å². The fraction of sp³-hybridized carbons (Fsp3) is 0.353. The summed E-state index contributed by atoms with van der Waals surface area (Å²) in [5.41, 5.74) is 6.58. The Hall–Kier alpha value is -2.19. The lowest BCUT2D eigenvalue weighted by atomic mass is 9.78. The third kappa shape index (κ3) is 2.98. The second-order valence-corrected chi connectivity index (χ2v) is 5.70. The summed E-state index contributed by atoms with van der Waals surface area (Å²) in [4.78, 5) is 11.5. The van der Waals surface area contributed by atoms with Gasteiger partial charge in [0, 0.05) is 5.56 Å². The lowest BCUT2D eigenvalue weighted by Crippen LogP contribution is -2.21. The van der Waals surface area contributed by atoms with Gasteiger partial charge >= 0.3 is 0 Å². The summed E-state index contributed by atoms with van der Waals surface area (Å²) in [5, 5.41) is 0. The zero-order chi connectivity index (χ0) is 14.8. The zero-order valence-electron chi connectivity index (χ0n) is 11.9. The molecule has 2 heteroatoms. The number of carbonyl (C=O) groups excluding carboxylic acids is 1. The van der Waals surface area contributed by atoms with Gasteiger partial charge in [-0.2, -0.15) is 0 Å². The number of benzene rings is 1. The van der Waals surface area contributed by atoms with Gasteiger partial charge in [0.2, 0.25) is 5.91 Å². The summed E-state index contributed by atoms with van der Waals surface area (Å²) in [5.74, 6) is 4.95. The van der Waals surface area contributed by atoms with E-state index in [1.54, 1.807) is 12.1 Å². The second kappa shape index (κ2) is 4.82. The average molecular weight is 253 g/mol. The maximum absolute atomic E-state index is 11.5. The van der Waals surface area contributed by atoms with Crippen molar-refractivity contribution in [3.63, 3.8) is 0 Å². The van der Waals surface area contributed by atoms with Crippen molar-refractivity contribution >= 4 is 5.91 Å². The van der Waals surface area contributed by atoms with Gasteiger partial charge in [0.15, 0.2) is 0 Å². The van der Waals surface area contributed by atoms with Crippen LogP contribution < -0.4 is 5.73 Å². The van der Waals surface area contributed by atoms with Crippen LogP contribution in [0.15, 0.2) is 18.2 Å². The van der Waals surface area contributed by atoms with Crippen LogP contribution in [0.1, 0.15) is 49.2 Å². The highest BCUT2D eigenvalue weighted by Crippen LogP contribution is 2.30. The molecule has 98 valence electrons. The topological polar surface area (TPSA) is 43.1 Å². The van der Waals surface area contributed by atoms with Crippen LogP contribution in [0.5, 0.6) is 0 Å². The number of terminal acetylenes is 2. The molecule has 0 aliphatic carbocycles. The van der Waals surface area contributed by atoms with Crippen molar-refractivity contribution in [1.29, 1.82) is 0 Å². The van der Waals surface area contributed by atoms with Crippen molar-refractivity contribution in [1.82, 2.24) is 0 Å². The number of hydrogen-bond acceptors (Lipinski definition) is 1. The van der Waals surface area contributed by atoms with Crippen molar-refractivity contribution in [3.05, 3.63) is 34.9 Å². The zero-order valence-corrected chi connectivity index (χ0v) is 11.9. The van der Waals surface area contributed by atoms with Crippen LogP contribution in [-0.4, -0.2) is 5.91 Å². The smallest absolute Gasteiger partial charge is 0.248 e. The number of rotatable bonds is 3. The molecule has 0 aromatic heterocycles. The van der Waals surface area contributed by atoms with E-state index in [4.69, 9.17) is 18.6 Å². The van der Waals surface area contributed by atoms with Gasteiger partial charge in [0.25, 0.3) is 0 Å². The second-order valence-electron chi connectivity index (χ2n) is 5.70. The molecule has 0 aliphatic heterocycles. The summed E-state index contributed by atoms with van der Waals surface area (Å²) in [6.07, 6.45) is 11.1. The number of hydrogen-bond donors (Lipinski definition) is 1. The Balaban J connectivity index is 3.58. The Morgan fingerprint density at radius 3 is 1.63 bits per heavy atom. The average Bonchev–Trinajstić information content (AvgIpc) is 2.38. The van der Waals surface area contributed by atoms with E-state index in [1.165, 1.54) is 0 Å². The van der Waals surface area contributed by atoms with Crippen molar-refractivity contribution in [2.75, 3.05) is 0 Å². The predicted molar refractivity (Wildman–Crippen MR) is 78.7 cm³/mol. The minimum Gasteiger partial charge on any atom is -0.366 e. The first kappa shape index (κ1) is 14.9. The van der Waals surface area contributed by atoms with Crippen molar-refractivity contribution in [3.8, 4) is 24.7 Å². The van der Waals surface area contributed by atoms with Crippen LogP contribution in [0.3, 0.4) is 0 Å². The molecular weight excluding hydrogens is 234 g/mol. The highest BCUT2D eigenvalue weighted by Gasteiger charge is 2.24. The first-order valence-electron chi connectivity index (χ1n) is 6.05. The van der Waals surface area contributed by atoms with Crippen molar-refractivity contribution in [2.45, 2.75) is 38.5 Å². The first-order valence-corrected chi connectivity index (χ1v) is 6.05. The quantitative estimate of drug-likeness (QED) is 0.827. The van der Waals surface area contributed by atoms with Crippen molar-refractivity contribution in [2.24, 2.45) is 5.73 Å². The van der Waals surface area contributed by atoms with E-state index in [9.17, 15) is 4.79 Å². The van der Waals surface area contributed by atoms with Crippen LogP contribution >= 0.6 is 0 Å². The van der Waals surface area contributed by atoms with Crippen LogP contribution in [0.25, 0.3) is 0 Å². The Kier molecular flexibility index (Phi) is 3.78. The molecule has 2 N–H and O–H groups in total. The van der Waals surface area contributed by atoms with Gasteiger partial charge in [-0.3, -0.25) is 4.79 Å². The predicted octanol–water partition coefficient (Wildman–Crippen LogP) is 2.61.